The molecule has 0 saturated carbocycles. The molecule has 1 N–H and O–H groups in total. The smallest absolute Gasteiger partial charge is 0.0529 e. The van der Waals surface area contributed by atoms with E-state index in [1.807, 2.05) is 11.8 Å². The predicted octanol–water partition coefficient (Wildman–Crippen LogP) is 6.38. The number of likely N-dealkylation sites (N-methyl/N-ethyl adjacent to an activating group) is 1. The molecule has 3 nitrogen and oxygen atoms in total. The fraction of sp³-hybridized carbons (Fsp3) is 0.280. The second kappa shape index (κ2) is 9.04. The molecule has 5 rings (SSSR count). The van der Waals surface area contributed by atoms with Gasteiger partial charge in [0.15, 0.2) is 0 Å². The number of anilines is 3. The Morgan fingerprint density at radius 3 is 2.23 bits per heavy atom. The number of rotatable bonds is 3. The van der Waals surface area contributed by atoms with Gasteiger partial charge in [-0.25, -0.2) is 0 Å². The summed E-state index contributed by atoms with van der Waals surface area (Å²) in [7, 11) is 2.20. The summed E-state index contributed by atoms with van der Waals surface area (Å²) in [4.78, 5) is 7.48. The van der Waals surface area contributed by atoms with Gasteiger partial charge in [0.25, 0.3) is 0 Å². The van der Waals surface area contributed by atoms with Gasteiger partial charge in [-0.1, -0.05) is 49.0 Å². The first-order valence-corrected chi connectivity index (χ1v) is 11.2. The molecule has 2 aliphatic heterocycles. The molecule has 3 aromatic rings. The lowest BCUT2D eigenvalue weighted by molar-refractivity contribution is 0.313. The highest BCUT2D eigenvalue weighted by molar-refractivity contribution is 8.93. The van der Waals surface area contributed by atoms with Crippen LogP contribution in [0.3, 0.4) is 0 Å². The van der Waals surface area contributed by atoms with Crippen molar-refractivity contribution in [2.24, 2.45) is 0 Å². The first-order valence-electron chi connectivity index (χ1n) is 10.4. The zero-order chi connectivity index (χ0) is 19.8. The third-order valence-corrected chi connectivity index (χ3v) is 7.29. The Morgan fingerprint density at radius 2 is 1.47 bits per heavy atom. The zero-order valence-electron chi connectivity index (χ0n) is 17.5. The minimum Gasteiger partial charge on any atom is -0.369 e. The van der Waals surface area contributed by atoms with Gasteiger partial charge in [-0.3, -0.25) is 0 Å². The van der Waals surface area contributed by atoms with Crippen LogP contribution in [0.15, 0.2) is 76.5 Å². The maximum absolute atomic E-state index is 3.61. The standard InChI is InChI=1S/C25H27N3S.BrH/c1-18(19-7-10-21(11-8-19)28-15-13-27(2)14-16-28)20-9-12-25-23(17-20)26-22-5-3-4-6-24(22)29-25;/h3-12,17-18,26H,13-16H2,1-2H3;1H. The van der Waals surface area contributed by atoms with E-state index in [1.54, 1.807) is 0 Å². The maximum atomic E-state index is 3.61. The van der Waals surface area contributed by atoms with Crippen molar-refractivity contribution < 1.29 is 0 Å². The summed E-state index contributed by atoms with van der Waals surface area (Å²) >= 11 is 1.85. The van der Waals surface area contributed by atoms with E-state index >= 15 is 0 Å². The van der Waals surface area contributed by atoms with Gasteiger partial charge in [0.2, 0.25) is 0 Å². The lowest BCUT2D eigenvalue weighted by Gasteiger charge is -2.34. The summed E-state index contributed by atoms with van der Waals surface area (Å²) in [5, 5.41) is 3.61. The molecule has 156 valence electrons. The van der Waals surface area contributed by atoms with Gasteiger partial charge in [-0.2, -0.15) is 0 Å². The average molecular weight is 482 g/mol. The Morgan fingerprint density at radius 1 is 0.800 bits per heavy atom. The molecule has 0 spiro atoms. The van der Waals surface area contributed by atoms with Crippen LogP contribution in [-0.4, -0.2) is 38.1 Å². The third kappa shape index (κ3) is 4.25. The summed E-state index contributed by atoms with van der Waals surface area (Å²) in [6.07, 6.45) is 0. The van der Waals surface area contributed by atoms with Crippen LogP contribution < -0.4 is 10.2 Å². The molecule has 0 radical (unpaired) electrons. The summed E-state index contributed by atoms with van der Waals surface area (Å²) in [6, 6.07) is 24.6. The van der Waals surface area contributed by atoms with Crippen molar-refractivity contribution in [3.63, 3.8) is 0 Å². The van der Waals surface area contributed by atoms with E-state index in [1.165, 1.54) is 38.0 Å². The molecule has 0 amide bonds. The number of nitrogens with zero attached hydrogens (tertiary/aromatic N) is 2. The van der Waals surface area contributed by atoms with E-state index in [0.717, 1.165) is 26.2 Å². The fourth-order valence-corrected chi connectivity index (χ4v) is 5.13. The molecule has 2 heterocycles. The van der Waals surface area contributed by atoms with Gasteiger partial charge in [0.1, 0.15) is 0 Å². The fourth-order valence-electron chi connectivity index (χ4n) is 4.16. The Balaban J connectivity index is 0.00000218. The highest BCUT2D eigenvalue weighted by atomic mass is 79.9. The van der Waals surface area contributed by atoms with Gasteiger partial charge in [0.05, 0.1) is 11.4 Å². The summed E-state index contributed by atoms with van der Waals surface area (Å²) < 4.78 is 0. The van der Waals surface area contributed by atoms with Gasteiger partial charge >= 0.3 is 0 Å². The van der Waals surface area contributed by atoms with E-state index in [0.29, 0.717) is 5.92 Å². The van der Waals surface area contributed by atoms with E-state index < -0.39 is 0 Å². The molecular formula is C25H28BrN3S. The maximum Gasteiger partial charge on any atom is 0.0529 e. The molecule has 1 saturated heterocycles. The first-order chi connectivity index (χ1) is 14.2. The predicted molar refractivity (Wildman–Crippen MR) is 134 cm³/mol. The molecule has 5 heteroatoms. The van der Waals surface area contributed by atoms with E-state index in [9.17, 15) is 0 Å². The lowest BCUT2D eigenvalue weighted by atomic mass is 9.92. The number of fused-ring (bicyclic) bond motifs is 2. The van der Waals surface area contributed by atoms with Crippen LogP contribution in [0, 0.1) is 0 Å². The van der Waals surface area contributed by atoms with Gasteiger partial charge in [-0.15, -0.1) is 17.0 Å². The van der Waals surface area contributed by atoms with Crippen molar-refractivity contribution in [2.75, 3.05) is 43.4 Å². The number of para-hydroxylation sites is 1. The monoisotopic (exact) mass is 481 g/mol. The van der Waals surface area contributed by atoms with Crippen molar-refractivity contribution in [1.82, 2.24) is 4.90 Å². The van der Waals surface area contributed by atoms with Crippen LogP contribution in [0.4, 0.5) is 17.1 Å². The minimum atomic E-state index is 0. The summed E-state index contributed by atoms with van der Waals surface area (Å²) in [6.45, 7) is 6.81. The molecule has 3 aromatic carbocycles. The lowest BCUT2D eigenvalue weighted by Crippen LogP contribution is -2.44. The second-order valence-corrected chi connectivity index (χ2v) is 9.17. The van der Waals surface area contributed by atoms with Crippen molar-refractivity contribution >= 4 is 45.8 Å². The van der Waals surface area contributed by atoms with E-state index in [4.69, 9.17) is 0 Å². The van der Waals surface area contributed by atoms with Crippen molar-refractivity contribution in [1.29, 1.82) is 0 Å². The van der Waals surface area contributed by atoms with Crippen molar-refractivity contribution in [3.8, 4) is 0 Å². The van der Waals surface area contributed by atoms with Gasteiger partial charge < -0.3 is 15.1 Å². The van der Waals surface area contributed by atoms with Crippen LogP contribution in [0.25, 0.3) is 0 Å². The van der Waals surface area contributed by atoms with Gasteiger partial charge in [0, 0.05) is 47.6 Å². The zero-order valence-corrected chi connectivity index (χ0v) is 20.0. The Kier molecular flexibility index (Phi) is 6.42. The number of nitrogens with one attached hydrogen (secondary N) is 1. The molecule has 0 aromatic heterocycles. The SMILES string of the molecule is Br.CC(c1ccc(N2CCN(C)CC2)cc1)c1ccc2c(c1)Nc1ccccc1S2. The molecule has 1 atom stereocenters. The summed E-state index contributed by atoms with van der Waals surface area (Å²) in [5.74, 6) is 0.366. The molecule has 0 aliphatic carbocycles. The van der Waals surface area contributed by atoms with Crippen molar-refractivity contribution in [2.45, 2.75) is 22.6 Å². The number of hydrogen-bond donors (Lipinski definition) is 1. The van der Waals surface area contributed by atoms with Gasteiger partial charge in [-0.05, 0) is 54.6 Å². The first kappa shape index (κ1) is 21.3. The highest BCUT2D eigenvalue weighted by Gasteiger charge is 2.18. The highest BCUT2D eigenvalue weighted by Crippen LogP contribution is 2.45. The van der Waals surface area contributed by atoms with Crippen molar-refractivity contribution in [3.05, 3.63) is 77.9 Å². The topological polar surface area (TPSA) is 18.5 Å². The number of halogens is 1. The third-order valence-electron chi connectivity index (χ3n) is 6.14. The number of hydrogen-bond acceptors (Lipinski definition) is 4. The molecule has 1 unspecified atom stereocenters. The summed E-state index contributed by atoms with van der Waals surface area (Å²) in [5.41, 5.74) is 6.47. The van der Waals surface area contributed by atoms with Crippen LogP contribution >= 0.6 is 28.7 Å². The number of piperazine rings is 1. The molecule has 1 fully saturated rings. The molecule has 0 bridgehead atoms. The molecule has 30 heavy (non-hydrogen) atoms. The number of benzene rings is 3. The minimum absolute atomic E-state index is 0. The molecule has 2 aliphatic rings. The Labute approximate surface area is 194 Å². The quantitative estimate of drug-likeness (QED) is 0.365. The van der Waals surface area contributed by atoms with E-state index in [2.05, 4.69) is 95.8 Å². The largest absolute Gasteiger partial charge is 0.369 e. The van der Waals surface area contributed by atoms with Crippen LogP contribution in [-0.2, 0) is 0 Å². The van der Waals surface area contributed by atoms with Crippen LogP contribution in [0.2, 0.25) is 0 Å². The van der Waals surface area contributed by atoms with Crippen LogP contribution in [0.5, 0.6) is 0 Å². The second-order valence-electron chi connectivity index (χ2n) is 8.08. The van der Waals surface area contributed by atoms with E-state index in [-0.39, 0.29) is 17.0 Å². The average Bonchev–Trinajstić information content (AvgIpc) is 2.77. The van der Waals surface area contributed by atoms with Crippen LogP contribution in [0.1, 0.15) is 24.0 Å². The molecular weight excluding hydrogens is 454 g/mol. The Hall–Kier alpha value is -1.95. The Bertz CT molecular complexity index is 1010. The normalized spacial score (nSPS) is 16.7.